The van der Waals surface area contributed by atoms with Crippen LogP contribution in [0.15, 0.2) is 54.6 Å². The standard InChI is InChI=1S/C21H20N4O3S/c26-17-8-4-7-15(9-17)12-22-20(28)16-11-19(27)25(13-16)21-24-23-18(29-21)10-14-5-2-1-3-6-14/h1-9,16,26H,10-13H2,(H,22,28). The van der Waals surface area contributed by atoms with Crippen molar-refractivity contribution < 1.29 is 14.7 Å². The second kappa shape index (κ2) is 8.40. The van der Waals surface area contributed by atoms with Crippen molar-refractivity contribution in [2.45, 2.75) is 19.4 Å². The molecular formula is C21H20N4O3S. The number of rotatable bonds is 6. The predicted octanol–water partition coefficient (Wildman–Crippen LogP) is 2.50. The molecule has 2 amide bonds. The van der Waals surface area contributed by atoms with Crippen molar-refractivity contribution >= 4 is 28.3 Å². The van der Waals surface area contributed by atoms with Gasteiger partial charge in [-0.05, 0) is 23.3 Å². The molecule has 0 aliphatic carbocycles. The molecule has 0 radical (unpaired) electrons. The average molecular weight is 408 g/mol. The molecular weight excluding hydrogens is 388 g/mol. The number of phenols is 1. The Morgan fingerprint density at radius 1 is 1.14 bits per heavy atom. The number of hydrogen-bond donors (Lipinski definition) is 2. The molecule has 2 heterocycles. The molecule has 3 aromatic rings. The van der Waals surface area contributed by atoms with Crippen LogP contribution >= 0.6 is 11.3 Å². The van der Waals surface area contributed by atoms with E-state index in [2.05, 4.69) is 15.5 Å². The Labute approximate surface area is 172 Å². The number of aromatic nitrogens is 2. The lowest BCUT2D eigenvalue weighted by atomic mass is 10.1. The number of amides is 2. The number of carbonyl (C=O) groups is 2. The van der Waals surface area contributed by atoms with Gasteiger partial charge in [0.25, 0.3) is 0 Å². The molecule has 0 spiro atoms. The third kappa shape index (κ3) is 4.60. The van der Waals surface area contributed by atoms with Crippen LogP contribution in [0.25, 0.3) is 0 Å². The van der Waals surface area contributed by atoms with Crippen molar-refractivity contribution in [1.82, 2.24) is 15.5 Å². The van der Waals surface area contributed by atoms with E-state index in [0.717, 1.165) is 16.1 Å². The highest BCUT2D eigenvalue weighted by Gasteiger charge is 2.36. The molecule has 8 heteroatoms. The summed E-state index contributed by atoms with van der Waals surface area (Å²) in [5, 5.41) is 22.1. The minimum atomic E-state index is -0.429. The quantitative estimate of drug-likeness (QED) is 0.653. The number of carbonyl (C=O) groups excluding carboxylic acids is 2. The third-order valence-electron chi connectivity index (χ3n) is 4.76. The predicted molar refractivity (Wildman–Crippen MR) is 110 cm³/mol. The van der Waals surface area contributed by atoms with Crippen molar-refractivity contribution in [2.75, 3.05) is 11.4 Å². The van der Waals surface area contributed by atoms with Gasteiger partial charge in [0.2, 0.25) is 16.9 Å². The Morgan fingerprint density at radius 2 is 1.93 bits per heavy atom. The molecule has 4 rings (SSSR count). The molecule has 0 bridgehead atoms. The Balaban J connectivity index is 1.36. The molecule has 29 heavy (non-hydrogen) atoms. The van der Waals surface area contributed by atoms with E-state index < -0.39 is 5.92 Å². The van der Waals surface area contributed by atoms with E-state index in [0.29, 0.717) is 24.6 Å². The molecule has 1 aliphatic rings. The summed E-state index contributed by atoms with van der Waals surface area (Å²) in [5.74, 6) is -0.578. The monoisotopic (exact) mass is 408 g/mol. The Kier molecular flexibility index (Phi) is 5.53. The summed E-state index contributed by atoms with van der Waals surface area (Å²) in [5.41, 5.74) is 1.93. The molecule has 2 aromatic carbocycles. The molecule has 1 aromatic heterocycles. The van der Waals surface area contributed by atoms with Crippen LogP contribution in [0.4, 0.5) is 5.13 Å². The summed E-state index contributed by atoms with van der Waals surface area (Å²) >= 11 is 1.38. The van der Waals surface area contributed by atoms with E-state index in [1.165, 1.54) is 11.3 Å². The van der Waals surface area contributed by atoms with Gasteiger partial charge < -0.3 is 10.4 Å². The Bertz CT molecular complexity index is 1020. The Morgan fingerprint density at radius 3 is 2.72 bits per heavy atom. The fraction of sp³-hybridized carbons (Fsp3) is 0.238. The van der Waals surface area contributed by atoms with E-state index in [-0.39, 0.29) is 24.0 Å². The minimum absolute atomic E-state index is 0.120. The van der Waals surface area contributed by atoms with Gasteiger partial charge in [0.1, 0.15) is 10.8 Å². The lowest BCUT2D eigenvalue weighted by Gasteiger charge is -2.12. The summed E-state index contributed by atoms with van der Waals surface area (Å²) in [6.07, 6.45) is 0.813. The topological polar surface area (TPSA) is 95.4 Å². The zero-order valence-electron chi connectivity index (χ0n) is 15.6. The summed E-state index contributed by atoms with van der Waals surface area (Å²) in [6.45, 7) is 0.600. The van der Waals surface area contributed by atoms with Crippen molar-refractivity contribution in [3.8, 4) is 5.75 Å². The molecule has 1 fully saturated rings. The summed E-state index contributed by atoms with van der Waals surface area (Å²) < 4.78 is 0. The van der Waals surface area contributed by atoms with E-state index >= 15 is 0 Å². The highest BCUT2D eigenvalue weighted by molar-refractivity contribution is 7.15. The number of nitrogens with one attached hydrogen (secondary N) is 1. The van der Waals surface area contributed by atoms with Gasteiger partial charge in [-0.15, -0.1) is 10.2 Å². The second-order valence-electron chi connectivity index (χ2n) is 6.93. The van der Waals surface area contributed by atoms with Gasteiger partial charge in [-0.25, -0.2) is 0 Å². The number of nitrogens with zero attached hydrogens (tertiary/aromatic N) is 3. The third-order valence-corrected chi connectivity index (χ3v) is 5.70. The van der Waals surface area contributed by atoms with Crippen LogP contribution < -0.4 is 10.2 Å². The molecule has 148 valence electrons. The van der Waals surface area contributed by atoms with Crippen LogP contribution in [-0.2, 0) is 22.6 Å². The van der Waals surface area contributed by atoms with Gasteiger partial charge in [0, 0.05) is 25.9 Å². The molecule has 2 N–H and O–H groups in total. The molecule has 1 aliphatic heterocycles. The largest absolute Gasteiger partial charge is 0.508 e. The fourth-order valence-electron chi connectivity index (χ4n) is 3.26. The van der Waals surface area contributed by atoms with E-state index in [1.54, 1.807) is 23.1 Å². The maximum Gasteiger partial charge on any atom is 0.229 e. The summed E-state index contributed by atoms with van der Waals surface area (Å²) in [6, 6.07) is 16.7. The second-order valence-corrected chi connectivity index (χ2v) is 7.97. The summed E-state index contributed by atoms with van der Waals surface area (Å²) in [7, 11) is 0. The average Bonchev–Trinajstić information content (AvgIpc) is 3.33. The number of hydrogen-bond acceptors (Lipinski definition) is 6. The van der Waals surface area contributed by atoms with E-state index in [4.69, 9.17) is 0 Å². The first-order valence-electron chi connectivity index (χ1n) is 9.31. The molecule has 0 saturated carbocycles. The van der Waals surface area contributed by atoms with Gasteiger partial charge in [0.15, 0.2) is 0 Å². The van der Waals surface area contributed by atoms with Crippen LogP contribution in [0.3, 0.4) is 0 Å². The molecule has 7 nitrogen and oxygen atoms in total. The first-order valence-corrected chi connectivity index (χ1v) is 10.1. The van der Waals surface area contributed by atoms with Crippen molar-refractivity contribution in [1.29, 1.82) is 0 Å². The van der Waals surface area contributed by atoms with Crippen LogP contribution in [0.1, 0.15) is 22.6 Å². The zero-order chi connectivity index (χ0) is 20.2. The summed E-state index contributed by atoms with van der Waals surface area (Å²) in [4.78, 5) is 26.5. The number of anilines is 1. The van der Waals surface area contributed by atoms with Crippen molar-refractivity contribution in [2.24, 2.45) is 5.92 Å². The normalized spacial score (nSPS) is 16.2. The highest BCUT2D eigenvalue weighted by atomic mass is 32.1. The van der Waals surface area contributed by atoms with Crippen LogP contribution in [-0.4, -0.2) is 33.7 Å². The van der Waals surface area contributed by atoms with Gasteiger partial charge in [-0.1, -0.05) is 53.8 Å². The van der Waals surface area contributed by atoms with Gasteiger partial charge >= 0.3 is 0 Å². The zero-order valence-corrected chi connectivity index (χ0v) is 16.4. The maximum atomic E-state index is 12.5. The fourth-order valence-corrected chi connectivity index (χ4v) is 4.16. The smallest absolute Gasteiger partial charge is 0.229 e. The van der Waals surface area contributed by atoms with E-state index in [9.17, 15) is 14.7 Å². The van der Waals surface area contributed by atoms with Crippen molar-refractivity contribution in [3.05, 3.63) is 70.7 Å². The number of aromatic hydroxyl groups is 1. The van der Waals surface area contributed by atoms with Crippen molar-refractivity contribution in [3.63, 3.8) is 0 Å². The molecule has 1 atom stereocenters. The van der Waals surface area contributed by atoms with Gasteiger partial charge in [0.05, 0.1) is 5.92 Å². The number of phenolic OH excluding ortho intramolecular Hbond substituents is 1. The lowest BCUT2D eigenvalue weighted by Crippen LogP contribution is -2.32. The van der Waals surface area contributed by atoms with Crippen LogP contribution in [0.2, 0.25) is 0 Å². The highest BCUT2D eigenvalue weighted by Crippen LogP contribution is 2.29. The lowest BCUT2D eigenvalue weighted by molar-refractivity contribution is -0.126. The van der Waals surface area contributed by atoms with E-state index in [1.807, 2.05) is 36.4 Å². The first-order chi connectivity index (χ1) is 14.1. The van der Waals surface area contributed by atoms with Gasteiger partial charge in [-0.3, -0.25) is 14.5 Å². The minimum Gasteiger partial charge on any atom is -0.508 e. The molecule has 1 unspecified atom stereocenters. The Hall–Kier alpha value is -3.26. The van der Waals surface area contributed by atoms with Gasteiger partial charge in [-0.2, -0.15) is 0 Å². The first kappa shape index (κ1) is 19.1. The maximum absolute atomic E-state index is 12.5. The molecule has 1 saturated heterocycles. The van der Waals surface area contributed by atoms with Crippen LogP contribution in [0, 0.1) is 5.92 Å². The number of benzene rings is 2. The van der Waals surface area contributed by atoms with Crippen LogP contribution in [0.5, 0.6) is 5.75 Å². The SMILES string of the molecule is O=C(NCc1cccc(O)c1)C1CC(=O)N(c2nnc(Cc3ccccc3)s2)C1.